The molecule has 1 heterocycles. The molecule has 2 aromatic carbocycles. The van der Waals surface area contributed by atoms with Crippen LogP contribution < -0.4 is 0 Å². The Kier molecular flexibility index (Phi) is 5.76. The van der Waals surface area contributed by atoms with Gasteiger partial charge in [-0.2, -0.15) is 13.2 Å². The summed E-state index contributed by atoms with van der Waals surface area (Å²) in [5.41, 5.74) is 0.446. The topological polar surface area (TPSA) is 78.6 Å². The highest BCUT2D eigenvalue weighted by molar-refractivity contribution is 6.03. The van der Waals surface area contributed by atoms with Gasteiger partial charge in [0, 0.05) is 32.8 Å². The molecule has 1 unspecified atom stereocenters. The van der Waals surface area contributed by atoms with Crippen molar-refractivity contribution >= 4 is 16.9 Å². The van der Waals surface area contributed by atoms with Crippen molar-refractivity contribution in [2.45, 2.75) is 25.1 Å². The van der Waals surface area contributed by atoms with Crippen LogP contribution in [-0.4, -0.2) is 44.7 Å². The fourth-order valence-electron chi connectivity index (χ4n) is 3.52. The number of benzene rings is 2. The lowest BCUT2D eigenvalue weighted by Gasteiger charge is -2.21. The number of rotatable bonds is 5. The van der Waals surface area contributed by atoms with Gasteiger partial charge < -0.3 is 19.7 Å². The maximum atomic E-state index is 13.4. The first-order chi connectivity index (χ1) is 14.0. The SMILES string of the molecule is CN(C)C(=O)c1c(O)cc2nc(C(F)(F)F)n(C)c2c1C(O)CCc1ccccc1. The molecule has 1 atom stereocenters. The molecule has 30 heavy (non-hydrogen) atoms. The average molecular weight is 421 g/mol. The van der Waals surface area contributed by atoms with Crippen molar-refractivity contribution in [1.29, 1.82) is 0 Å². The molecule has 2 N–H and O–H groups in total. The van der Waals surface area contributed by atoms with E-state index < -0.39 is 29.8 Å². The highest BCUT2D eigenvalue weighted by Crippen LogP contribution is 2.39. The molecule has 0 saturated heterocycles. The third-order valence-corrected chi connectivity index (χ3v) is 4.93. The summed E-state index contributed by atoms with van der Waals surface area (Å²) in [6.45, 7) is 0. The van der Waals surface area contributed by atoms with E-state index in [0.717, 1.165) is 16.2 Å². The zero-order chi connectivity index (χ0) is 22.2. The number of hydrogen-bond acceptors (Lipinski definition) is 4. The van der Waals surface area contributed by atoms with Gasteiger partial charge >= 0.3 is 6.18 Å². The van der Waals surface area contributed by atoms with Gasteiger partial charge in [0.05, 0.1) is 22.7 Å². The van der Waals surface area contributed by atoms with Crippen LogP contribution >= 0.6 is 0 Å². The average Bonchev–Trinajstić information content (AvgIpc) is 3.01. The number of aromatic nitrogens is 2. The predicted octanol–water partition coefficient (Wildman–Crippen LogP) is 3.67. The Morgan fingerprint density at radius 3 is 2.43 bits per heavy atom. The van der Waals surface area contributed by atoms with Crippen molar-refractivity contribution in [3.8, 4) is 5.75 Å². The summed E-state index contributed by atoms with van der Waals surface area (Å²) < 4.78 is 41.0. The van der Waals surface area contributed by atoms with Gasteiger partial charge in [-0.1, -0.05) is 30.3 Å². The second-order valence-electron chi connectivity index (χ2n) is 7.28. The summed E-state index contributed by atoms with van der Waals surface area (Å²) in [5, 5.41) is 21.4. The summed E-state index contributed by atoms with van der Waals surface area (Å²) in [7, 11) is 4.08. The van der Waals surface area contributed by atoms with Crippen molar-refractivity contribution < 1.29 is 28.2 Å². The fraction of sp³-hybridized carbons (Fsp3) is 0.333. The number of fused-ring (bicyclic) bond motifs is 1. The number of carbonyl (C=O) groups is 1. The van der Waals surface area contributed by atoms with Gasteiger partial charge in [0.2, 0.25) is 5.82 Å². The number of aromatic hydroxyl groups is 1. The van der Waals surface area contributed by atoms with E-state index in [1.165, 1.54) is 26.0 Å². The van der Waals surface area contributed by atoms with E-state index in [1.807, 2.05) is 30.3 Å². The molecule has 0 fully saturated rings. The Hall–Kier alpha value is -3.07. The molecular weight excluding hydrogens is 399 g/mol. The minimum absolute atomic E-state index is 0.0362. The molecule has 0 aliphatic heterocycles. The van der Waals surface area contributed by atoms with Crippen LogP contribution in [0.2, 0.25) is 0 Å². The Bertz CT molecular complexity index is 1080. The number of halogens is 3. The lowest BCUT2D eigenvalue weighted by atomic mass is 9.94. The van der Waals surface area contributed by atoms with Crippen LogP contribution in [0, 0.1) is 0 Å². The number of nitrogens with zero attached hydrogens (tertiary/aromatic N) is 3. The standard InChI is InChI=1S/C21H22F3N3O3/c1-26(2)19(30)17-15(29)11-13-18(27(3)20(25-13)21(22,23)24)16(17)14(28)10-9-12-7-5-4-6-8-12/h4-8,11,14,28-29H,9-10H2,1-3H3. The molecule has 160 valence electrons. The number of amides is 1. The van der Waals surface area contributed by atoms with Gasteiger partial charge in [-0.05, 0) is 18.4 Å². The van der Waals surface area contributed by atoms with Crippen LogP contribution in [0.15, 0.2) is 36.4 Å². The number of aliphatic hydroxyl groups excluding tert-OH is 1. The lowest BCUT2D eigenvalue weighted by Crippen LogP contribution is -2.24. The fourth-order valence-corrected chi connectivity index (χ4v) is 3.52. The van der Waals surface area contributed by atoms with Crippen molar-refractivity contribution in [1.82, 2.24) is 14.5 Å². The maximum absolute atomic E-state index is 13.4. The van der Waals surface area contributed by atoms with E-state index in [2.05, 4.69) is 4.98 Å². The van der Waals surface area contributed by atoms with Gasteiger partial charge in [-0.25, -0.2) is 4.98 Å². The van der Waals surface area contributed by atoms with Crippen molar-refractivity contribution in [3.63, 3.8) is 0 Å². The van der Waals surface area contributed by atoms with Crippen LogP contribution in [-0.2, 0) is 19.6 Å². The van der Waals surface area contributed by atoms with E-state index in [0.29, 0.717) is 6.42 Å². The summed E-state index contributed by atoms with van der Waals surface area (Å²) in [4.78, 5) is 17.5. The molecule has 3 rings (SSSR count). The predicted molar refractivity (Wildman–Crippen MR) is 105 cm³/mol. The summed E-state index contributed by atoms with van der Waals surface area (Å²) >= 11 is 0. The van der Waals surface area contributed by atoms with Gasteiger partial charge in [0.15, 0.2) is 0 Å². The second-order valence-corrected chi connectivity index (χ2v) is 7.28. The first kappa shape index (κ1) is 21.6. The highest BCUT2D eigenvalue weighted by Gasteiger charge is 2.38. The number of phenols is 1. The number of imidazole rings is 1. The third kappa shape index (κ3) is 3.97. The number of phenolic OH excluding ortho intramolecular Hbond substituents is 1. The van der Waals surface area contributed by atoms with E-state index in [9.17, 15) is 28.2 Å². The Morgan fingerprint density at radius 2 is 1.87 bits per heavy atom. The molecular formula is C21H22F3N3O3. The zero-order valence-electron chi connectivity index (χ0n) is 16.7. The smallest absolute Gasteiger partial charge is 0.449 e. The van der Waals surface area contributed by atoms with Gasteiger partial charge in [-0.3, -0.25) is 4.79 Å². The molecule has 0 aliphatic carbocycles. The van der Waals surface area contributed by atoms with E-state index >= 15 is 0 Å². The summed E-state index contributed by atoms with van der Waals surface area (Å²) in [6, 6.07) is 10.3. The summed E-state index contributed by atoms with van der Waals surface area (Å²) in [5.74, 6) is -2.33. The van der Waals surface area contributed by atoms with Crippen LogP contribution in [0.25, 0.3) is 11.0 Å². The van der Waals surface area contributed by atoms with Crippen LogP contribution in [0.5, 0.6) is 5.75 Å². The molecule has 0 saturated carbocycles. The number of carbonyl (C=O) groups excluding carboxylic acids is 1. The Balaban J connectivity index is 2.20. The number of alkyl halides is 3. The normalized spacial score (nSPS) is 12.9. The van der Waals surface area contributed by atoms with Crippen molar-refractivity contribution in [3.05, 3.63) is 58.9 Å². The first-order valence-corrected chi connectivity index (χ1v) is 9.25. The first-order valence-electron chi connectivity index (χ1n) is 9.25. The molecule has 6 nitrogen and oxygen atoms in total. The highest BCUT2D eigenvalue weighted by atomic mass is 19.4. The molecule has 9 heteroatoms. The second kappa shape index (κ2) is 7.98. The number of hydrogen-bond donors (Lipinski definition) is 2. The molecule has 0 radical (unpaired) electrons. The van der Waals surface area contributed by atoms with Gasteiger partial charge in [0.1, 0.15) is 5.75 Å². The van der Waals surface area contributed by atoms with Crippen LogP contribution in [0.4, 0.5) is 13.2 Å². The van der Waals surface area contributed by atoms with Crippen LogP contribution in [0.1, 0.15) is 39.8 Å². The van der Waals surface area contributed by atoms with Crippen molar-refractivity contribution in [2.75, 3.05) is 14.1 Å². The molecule has 3 aromatic rings. The summed E-state index contributed by atoms with van der Waals surface area (Å²) in [6.07, 6.45) is -5.46. The number of aryl methyl sites for hydroxylation is 2. The third-order valence-electron chi connectivity index (χ3n) is 4.93. The van der Waals surface area contributed by atoms with E-state index in [1.54, 1.807) is 0 Å². The zero-order valence-corrected chi connectivity index (χ0v) is 16.7. The Labute approximate surface area is 171 Å². The molecule has 0 spiro atoms. The maximum Gasteiger partial charge on any atom is 0.449 e. The largest absolute Gasteiger partial charge is 0.507 e. The van der Waals surface area contributed by atoms with Gasteiger partial charge in [-0.15, -0.1) is 0 Å². The monoisotopic (exact) mass is 421 g/mol. The molecule has 1 amide bonds. The van der Waals surface area contributed by atoms with Crippen molar-refractivity contribution in [2.24, 2.45) is 7.05 Å². The lowest BCUT2D eigenvalue weighted by molar-refractivity contribution is -0.146. The quantitative estimate of drug-likeness (QED) is 0.659. The van der Waals surface area contributed by atoms with Crippen LogP contribution in [0.3, 0.4) is 0 Å². The van der Waals surface area contributed by atoms with E-state index in [4.69, 9.17) is 0 Å². The minimum Gasteiger partial charge on any atom is -0.507 e. The molecule has 0 aliphatic rings. The minimum atomic E-state index is -4.73. The molecule has 0 bridgehead atoms. The van der Waals surface area contributed by atoms with E-state index in [-0.39, 0.29) is 28.6 Å². The number of aliphatic hydroxyl groups is 1. The Morgan fingerprint density at radius 1 is 1.23 bits per heavy atom. The molecule has 1 aromatic heterocycles. The van der Waals surface area contributed by atoms with Gasteiger partial charge in [0.25, 0.3) is 5.91 Å².